The van der Waals surface area contributed by atoms with Crippen LogP contribution in [0.15, 0.2) is 0 Å². The molecule has 1 aliphatic heterocycles. The first-order valence-electron chi connectivity index (χ1n) is 10.2. The van der Waals surface area contributed by atoms with Crippen molar-refractivity contribution in [2.45, 2.75) is 94.5 Å². The van der Waals surface area contributed by atoms with Gasteiger partial charge >= 0.3 is 0 Å². The Labute approximate surface area is 172 Å². The molecule has 1 heterocycles. The summed E-state index contributed by atoms with van der Waals surface area (Å²) >= 11 is 4.17. The van der Waals surface area contributed by atoms with Gasteiger partial charge in [0.1, 0.15) is 6.79 Å². The van der Waals surface area contributed by atoms with E-state index in [0.29, 0.717) is 28.0 Å². The Kier molecular flexibility index (Phi) is 11.2. The highest BCUT2D eigenvalue weighted by molar-refractivity contribution is 8.17. The molecule has 0 aliphatic carbocycles. The normalized spacial score (nSPS) is 19.5. The summed E-state index contributed by atoms with van der Waals surface area (Å²) in [5.74, 6) is 2.55. The van der Waals surface area contributed by atoms with E-state index in [1.165, 1.54) is 17.9 Å². The number of rotatable bonds is 12. The molecule has 0 amide bonds. The monoisotopic (exact) mass is 422 g/mol. The Morgan fingerprint density at radius 3 is 2.00 bits per heavy atom. The van der Waals surface area contributed by atoms with E-state index in [-0.39, 0.29) is 5.60 Å². The third kappa shape index (κ3) is 7.00. The second-order valence-electron chi connectivity index (χ2n) is 8.65. The van der Waals surface area contributed by atoms with Crippen molar-refractivity contribution < 1.29 is 13.9 Å². The molecular formula is C20H42O3S2Si. The molecule has 1 fully saturated rings. The molecule has 0 saturated carbocycles. The smallest absolute Gasteiger partial charge is 0.200 e. The summed E-state index contributed by atoms with van der Waals surface area (Å²) in [5, 5.41) is 0. The van der Waals surface area contributed by atoms with Crippen molar-refractivity contribution in [3.8, 4) is 0 Å². The molecule has 0 spiro atoms. The van der Waals surface area contributed by atoms with Gasteiger partial charge in [-0.05, 0) is 54.3 Å². The first-order chi connectivity index (χ1) is 12.2. The molecule has 6 heteroatoms. The predicted molar refractivity (Wildman–Crippen MR) is 121 cm³/mol. The lowest BCUT2D eigenvalue weighted by molar-refractivity contribution is -0.130. The highest BCUT2D eigenvalue weighted by Gasteiger charge is 2.45. The Hall–Kier alpha value is 0.797. The molecule has 1 unspecified atom stereocenters. The van der Waals surface area contributed by atoms with Gasteiger partial charge in [-0.2, -0.15) is 0 Å². The van der Waals surface area contributed by atoms with Crippen molar-refractivity contribution in [2.24, 2.45) is 0 Å². The molecule has 1 saturated heterocycles. The fraction of sp³-hybridized carbons (Fsp3) is 1.00. The molecule has 0 radical (unpaired) electrons. The maximum atomic E-state index is 6.78. The van der Waals surface area contributed by atoms with Crippen LogP contribution >= 0.6 is 23.5 Å². The minimum Gasteiger partial charge on any atom is -0.416 e. The zero-order valence-corrected chi connectivity index (χ0v) is 20.9. The Balaban J connectivity index is 2.74. The van der Waals surface area contributed by atoms with Crippen LogP contribution in [0.5, 0.6) is 0 Å². The zero-order chi connectivity index (χ0) is 19.8. The molecule has 1 rings (SSSR count). The molecule has 1 atom stereocenters. The molecule has 0 aromatic carbocycles. The second-order valence-corrected chi connectivity index (χ2v) is 17.0. The van der Waals surface area contributed by atoms with Gasteiger partial charge in [-0.1, -0.05) is 41.5 Å². The zero-order valence-electron chi connectivity index (χ0n) is 18.3. The average Bonchev–Trinajstić information content (AvgIpc) is 2.57. The summed E-state index contributed by atoms with van der Waals surface area (Å²) in [6, 6.07) is 0. The predicted octanol–water partition coefficient (Wildman–Crippen LogP) is 6.53. The maximum Gasteiger partial charge on any atom is 0.200 e. The van der Waals surface area contributed by atoms with E-state index in [9.17, 15) is 0 Å². The van der Waals surface area contributed by atoms with E-state index in [2.05, 4.69) is 72.0 Å². The van der Waals surface area contributed by atoms with E-state index < -0.39 is 8.32 Å². The van der Waals surface area contributed by atoms with Gasteiger partial charge in [0.2, 0.25) is 0 Å². The average molecular weight is 423 g/mol. The third-order valence-electron chi connectivity index (χ3n) is 5.71. The molecule has 0 aromatic heterocycles. The molecule has 0 bridgehead atoms. The standard InChI is InChI=1S/C20H42O3S2Si/c1-16(2)26(17(3)4,18(5)6)23-11-10-20(7,22-15-21-8)14-19-24-12-9-13-25-19/h16-19H,9-15H2,1-8H3. The van der Waals surface area contributed by atoms with Crippen molar-refractivity contribution in [3.63, 3.8) is 0 Å². The number of hydrogen-bond acceptors (Lipinski definition) is 5. The van der Waals surface area contributed by atoms with Crippen molar-refractivity contribution in [1.82, 2.24) is 0 Å². The molecule has 156 valence electrons. The van der Waals surface area contributed by atoms with Crippen molar-refractivity contribution in [1.29, 1.82) is 0 Å². The van der Waals surface area contributed by atoms with Crippen LogP contribution < -0.4 is 0 Å². The van der Waals surface area contributed by atoms with Crippen molar-refractivity contribution in [3.05, 3.63) is 0 Å². The van der Waals surface area contributed by atoms with Gasteiger partial charge in [-0.15, -0.1) is 23.5 Å². The van der Waals surface area contributed by atoms with Gasteiger partial charge in [0, 0.05) is 13.7 Å². The Bertz CT molecular complexity index is 365. The van der Waals surface area contributed by atoms with Gasteiger partial charge < -0.3 is 13.9 Å². The quantitative estimate of drug-likeness (QED) is 0.263. The lowest BCUT2D eigenvalue weighted by Crippen LogP contribution is -2.48. The van der Waals surface area contributed by atoms with Crippen LogP contribution in [0.3, 0.4) is 0 Å². The van der Waals surface area contributed by atoms with E-state index in [1.807, 2.05) is 0 Å². The largest absolute Gasteiger partial charge is 0.416 e. The summed E-state index contributed by atoms with van der Waals surface area (Å²) < 4.78 is 18.8. The van der Waals surface area contributed by atoms with E-state index in [0.717, 1.165) is 19.4 Å². The highest BCUT2D eigenvalue weighted by atomic mass is 32.2. The Morgan fingerprint density at radius 2 is 1.54 bits per heavy atom. The summed E-state index contributed by atoms with van der Waals surface area (Å²) in [6.45, 7) is 17.5. The molecule has 26 heavy (non-hydrogen) atoms. The summed E-state index contributed by atoms with van der Waals surface area (Å²) in [7, 11) is -0.104. The van der Waals surface area contributed by atoms with E-state index in [1.54, 1.807) is 7.11 Å². The summed E-state index contributed by atoms with van der Waals surface area (Å²) in [6.07, 6.45) is 3.33. The van der Waals surface area contributed by atoms with Crippen LogP contribution in [0.1, 0.15) is 67.7 Å². The number of ether oxygens (including phenoxy) is 2. The van der Waals surface area contributed by atoms with Crippen molar-refractivity contribution in [2.75, 3.05) is 32.0 Å². The fourth-order valence-electron chi connectivity index (χ4n) is 4.39. The van der Waals surface area contributed by atoms with Gasteiger partial charge in [0.05, 0.1) is 10.2 Å². The van der Waals surface area contributed by atoms with E-state index in [4.69, 9.17) is 13.9 Å². The highest BCUT2D eigenvalue weighted by Crippen LogP contribution is 2.43. The van der Waals surface area contributed by atoms with Crippen LogP contribution in [-0.4, -0.2) is 50.5 Å². The van der Waals surface area contributed by atoms with Crippen LogP contribution in [0.25, 0.3) is 0 Å². The van der Waals surface area contributed by atoms with Crippen molar-refractivity contribution >= 4 is 31.8 Å². The maximum absolute atomic E-state index is 6.78. The molecular weight excluding hydrogens is 380 g/mol. The molecule has 1 aliphatic rings. The Morgan fingerprint density at radius 1 is 1.00 bits per heavy atom. The van der Waals surface area contributed by atoms with Crippen LogP contribution in [0, 0.1) is 0 Å². The van der Waals surface area contributed by atoms with Crippen LogP contribution in [0.2, 0.25) is 16.6 Å². The van der Waals surface area contributed by atoms with Crippen LogP contribution in [0.4, 0.5) is 0 Å². The van der Waals surface area contributed by atoms with Gasteiger partial charge in [-0.25, -0.2) is 0 Å². The second kappa shape index (κ2) is 11.7. The first-order valence-corrected chi connectivity index (χ1v) is 14.4. The van der Waals surface area contributed by atoms with Crippen LogP contribution in [-0.2, 0) is 13.9 Å². The third-order valence-corrected chi connectivity index (χ3v) is 14.8. The summed E-state index contributed by atoms with van der Waals surface area (Å²) in [5.41, 5.74) is 1.69. The number of hydrogen-bond donors (Lipinski definition) is 0. The molecule has 0 aromatic rings. The molecule has 3 nitrogen and oxygen atoms in total. The van der Waals surface area contributed by atoms with E-state index >= 15 is 0 Å². The lowest BCUT2D eigenvalue weighted by Gasteiger charge is -2.43. The first kappa shape index (κ1) is 24.8. The summed E-state index contributed by atoms with van der Waals surface area (Å²) in [4.78, 5) is 0. The minimum atomic E-state index is -1.81. The fourth-order valence-corrected chi connectivity index (χ4v) is 13.1. The van der Waals surface area contributed by atoms with Gasteiger partial charge in [-0.3, -0.25) is 0 Å². The van der Waals surface area contributed by atoms with Gasteiger partial charge in [0.15, 0.2) is 8.32 Å². The minimum absolute atomic E-state index is 0.177. The van der Waals surface area contributed by atoms with Gasteiger partial charge in [0.25, 0.3) is 0 Å². The topological polar surface area (TPSA) is 27.7 Å². The molecule has 0 N–H and O–H groups in total. The lowest BCUT2D eigenvalue weighted by atomic mass is 9.99. The SMILES string of the molecule is COCOC(C)(CCO[Si](C(C)C)(C(C)C)C(C)C)CC1SCCCS1. The number of methoxy groups -OCH3 is 1. The number of thioether (sulfide) groups is 2.